The molecule has 0 heterocycles. The van der Waals surface area contributed by atoms with Crippen LogP contribution in [0.5, 0.6) is 5.75 Å². The third-order valence-electron chi connectivity index (χ3n) is 6.15. The van der Waals surface area contributed by atoms with Gasteiger partial charge in [0.05, 0.1) is 6.04 Å². The van der Waals surface area contributed by atoms with E-state index in [1.807, 2.05) is 0 Å². The zero-order valence-electron chi connectivity index (χ0n) is 24.1. The van der Waals surface area contributed by atoms with E-state index in [0.717, 1.165) is 0 Å². The Labute approximate surface area is 253 Å². The highest BCUT2D eigenvalue weighted by molar-refractivity contribution is 5.94. The molecule has 0 bridgehead atoms. The van der Waals surface area contributed by atoms with Crippen LogP contribution in [0.2, 0.25) is 0 Å². The zero-order valence-corrected chi connectivity index (χ0v) is 24.1. The number of hydrogen-bond donors (Lipinski definition) is 11. The van der Waals surface area contributed by atoms with E-state index in [2.05, 4.69) is 25.9 Å². The summed E-state index contributed by atoms with van der Waals surface area (Å²) < 4.78 is 0. The molecule has 0 spiro atoms. The van der Waals surface area contributed by atoms with Crippen LogP contribution in [0.25, 0.3) is 0 Å². The number of rotatable bonds is 20. The summed E-state index contributed by atoms with van der Waals surface area (Å²) in [6.45, 7) is 0.224. The Hall–Kier alpha value is -5.13. The lowest BCUT2D eigenvalue weighted by molar-refractivity contribution is -0.143. The maximum Gasteiger partial charge on any atom is 0.326 e. The predicted molar refractivity (Wildman–Crippen MR) is 160 cm³/mol. The van der Waals surface area contributed by atoms with Gasteiger partial charge in [-0.05, 0) is 56.2 Å². The fourth-order valence-electron chi connectivity index (χ4n) is 3.87. The number of benzene rings is 1. The summed E-state index contributed by atoms with van der Waals surface area (Å²) in [5, 5.41) is 35.4. The number of carbonyl (C=O) groups is 5. The van der Waals surface area contributed by atoms with Crippen LogP contribution in [0.1, 0.15) is 44.1 Å². The second kappa shape index (κ2) is 19.1. The summed E-state index contributed by atoms with van der Waals surface area (Å²) in [6, 6.07) is 0.862. The van der Waals surface area contributed by atoms with E-state index in [0.29, 0.717) is 5.56 Å². The Kier molecular flexibility index (Phi) is 16.0. The number of phenols is 1. The molecule has 3 amide bonds. The quantitative estimate of drug-likeness (QED) is 0.0387. The maximum absolute atomic E-state index is 13.3. The van der Waals surface area contributed by atoms with Crippen molar-refractivity contribution >= 4 is 41.6 Å². The van der Waals surface area contributed by atoms with Crippen molar-refractivity contribution in [3.8, 4) is 5.75 Å². The van der Waals surface area contributed by atoms with E-state index >= 15 is 0 Å². The largest absolute Gasteiger partial charge is 0.508 e. The lowest BCUT2D eigenvalue weighted by Crippen LogP contribution is -2.57. The van der Waals surface area contributed by atoms with E-state index in [-0.39, 0.29) is 69.3 Å². The number of nitrogens with two attached hydrogens (primary N) is 5. The zero-order chi connectivity index (χ0) is 33.2. The first kappa shape index (κ1) is 36.9. The molecular weight excluding hydrogens is 580 g/mol. The smallest absolute Gasteiger partial charge is 0.326 e. The molecule has 18 heteroatoms. The Bertz CT molecular complexity index is 1180. The van der Waals surface area contributed by atoms with E-state index < -0.39 is 60.2 Å². The fraction of sp³-hybridized carbons (Fsp3) is 0.500. The Morgan fingerprint density at radius 2 is 1.16 bits per heavy atom. The van der Waals surface area contributed by atoms with Crippen molar-refractivity contribution in [2.75, 3.05) is 13.1 Å². The molecule has 0 aliphatic heterocycles. The molecule has 1 rings (SSSR count). The van der Waals surface area contributed by atoms with Crippen molar-refractivity contribution in [2.24, 2.45) is 38.7 Å². The minimum absolute atomic E-state index is 0.0100. The maximum atomic E-state index is 13.3. The van der Waals surface area contributed by atoms with Gasteiger partial charge in [0.2, 0.25) is 17.7 Å². The molecule has 4 atom stereocenters. The number of hydrogen-bond acceptors (Lipinski definition) is 9. The molecule has 0 fully saturated rings. The average Bonchev–Trinajstić information content (AvgIpc) is 2.94. The van der Waals surface area contributed by atoms with E-state index in [9.17, 15) is 34.2 Å². The van der Waals surface area contributed by atoms with E-state index in [1.165, 1.54) is 12.1 Å². The standard InChI is InChI=1S/C26H42N10O8/c27-16(13-14-5-7-15(37)8-6-14)21(40)34-17(3-1-11-32-25(28)29)22(41)35-18(9-10-20(38)39)23(42)36-19(24(43)44)4-2-12-33-26(30)31/h5-8,16-19,37H,1-4,9-13,27H2,(H,34,40)(H,35,41)(H,36,42)(H,38,39)(H,43,44)(H4,28,29,32)(H4,30,31,33). The van der Waals surface area contributed by atoms with Gasteiger partial charge in [-0.1, -0.05) is 12.1 Å². The molecule has 1 aromatic carbocycles. The van der Waals surface area contributed by atoms with Crippen LogP contribution in [-0.4, -0.2) is 94.2 Å². The van der Waals surface area contributed by atoms with Gasteiger partial charge in [-0.2, -0.15) is 0 Å². The number of aromatic hydroxyl groups is 1. The van der Waals surface area contributed by atoms with Crippen LogP contribution in [0, 0.1) is 0 Å². The third kappa shape index (κ3) is 15.2. The number of nitrogens with zero attached hydrogens (tertiary/aromatic N) is 2. The van der Waals surface area contributed by atoms with Gasteiger partial charge < -0.3 is 59.9 Å². The van der Waals surface area contributed by atoms with Crippen molar-refractivity contribution in [1.82, 2.24) is 16.0 Å². The fourth-order valence-corrected chi connectivity index (χ4v) is 3.87. The monoisotopic (exact) mass is 622 g/mol. The summed E-state index contributed by atoms with van der Waals surface area (Å²) in [6.07, 6.45) is -0.433. The van der Waals surface area contributed by atoms with E-state index in [1.54, 1.807) is 12.1 Å². The highest BCUT2D eigenvalue weighted by Gasteiger charge is 2.30. The number of carboxylic acid groups (broad SMARTS) is 2. The minimum Gasteiger partial charge on any atom is -0.508 e. The number of guanidine groups is 2. The van der Waals surface area contributed by atoms with Crippen LogP contribution in [0.15, 0.2) is 34.3 Å². The first-order valence-corrected chi connectivity index (χ1v) is 13.7. The van der Waals surface area contributed by atoms with Gasteiger partial charge in [-0.25, -0.2) is 4.79 Å². The summed E-state index contributed by atoms with van der Waals surface area (Å²) in [5.41, 5.74) is 27.9. The van der Waals surface area contributed by atoms with Crippen molar-refractivity contribution in [1.29, 1.82) is 0 Å². The van der Waals surface area contributed by atoms with Gasteiger partial charge >= 0.3 is 11.9 Å². The second-order valence-electron chi connectivity index (χ2n) is 9.83. The van der Waals surface area contributed by atoms with Crippen molar-refractivity contribution in [3.05, 3.63) is 29.8 Å². The molecule has 0 saturated heterocycles. The number of nitrogens with one attached hydrogen (secondary N) is 3. The van der Waals surface area contributed by atoms with Gasteiger partial charge in [-0.15, -0.1) is 0 Å². The van der Waals surface area contributed by atoms with Gasteiger partial charge in [0.15, 0.2) is 11.9 Å². The van der Waals surface area contributed by atoms with Crippen molar-refractivity contribution < 1.29 is 39.3 Å². The first-order valence-electron chi connectivity index (χ1n) is 13.7. The Morgan fingerprint density at radius 3 is 1.64 bits per heavy atom. The van der Waals surface area contributed by atoms with Gasteiger partial charge in [0.25, 0.3) is 0 Å². The van der Waals surface area contributed by atoms with Crippen LogP contribution < -0.4 is 44.6 Å². The van der Waals surface area contributed by atoms with Gasteiger partial charge in [0, 0.05) is 19.5 Å². The number of amides is 3. The summed E-state index contributed by atoms with van der Waals surface area (Å²) >= 11 is 0. The van der Waals surface area contributed by atoms with Crippen LogP contribution >= 0.6 is 0 Å². The highest BCUT2D eigenvalue weighted by atomic mass is 16.4. The number of carbonyl (C=O) groups excluding carboxylic acids is 3. The van der Waals surface area contributed by atoms with Crippen molar-refractivity contribution in [2.45, 2.75) is 69.1 Å². The number of aliphatic carboxylic acids is 2. The van der Waals surface area contributed by atoms with Gasteiger partial charge in [0.1, 0.15) is 23.9 Å². The second-order valence-corrected chi connectivity index (χ2v) is 9.83. The van der Waals surface area contributed by atoms with Crippen LogP contribution in [0.3, 0.4) is 0 Å². The van der Waals surface area contributed by atoms with Crippen LogP contribution in [-0.2, 0) is 30.4 Å². The normalized spacial score (nSPS) is 13.3. The minimum atomic E-state index is -1.46. The number of carboxylic acids is 2. The molecule has 16 N–H and O–H groups in total. The average molecular weight is 623 g/mol. The summed E-state index contributed by atoms with van der Waals surface area (Å²) in [5.74, 6) is -5.43. The molecule has 1 aromatic rings. The molecule has 244 valence electrons. The van der Waals surface area contributed by atoms with E-state index in [4.69, 9.17) is 33.8 Å². The Balaban J connectivity index is 3.06. The Morgan fingerprint density at radius 1 is 0.705 bits per heavy atom. The molecule has 18 nitrogen and oxygen atoms in total. The third-order valence-corrected chi connectivity index (χ3v) is 6.15. The first-order chi connectivity index (χ1) is 20.7. The molecule has 0 saturated carbocycles. The molecule has 4 unspecified atom stereocenters. The number of aliphatic imine (C=N–C) groups is 2. The lowest BCUT2D eigenvalue weighted by Gasteiger charge is -2.25. The summed E-state index contributed by atoms with van der Waals surface area (Å²) in [4.78, 5) is 69.8. The molecule has 0 aromatic heterocycles. The topological polar surface area (TPSA) is 337 Å². The highest BCUT2D eigenvalue weighted by Crippen LogP contribution is 2.11. The molecule has 0 aliphatic rings. The summed E-state index contributed by atoms with van der Waals surface area (Å²) in [7, 11) is 0. The van der Waals surface area contributed by atoms with Gasteiger partial charge in [-0.3, -0.25) is 29.2 Å². The molecule has 44 heavy (non-hydrogen) atoms. The predicted octanol–water partition coefficient (Wildman–Crippen LogP) is -3.23. The molecule has 0 aliphatic carbocycles. The number of phenolic OH excluding ortho intramolecular Hbond substituents is 1. The molecule has 0 radical (unpaired) electrons. The molecular formula is C26H42N10O8. The van der Waals surface area contributed by atoms with Crippen molar-refractivity contribution in [3.63, 3.8) is 0 Å². The lowest BCUT2D eigenvalue weighted by atomic mass is 10.0. The van der Waals surface area contributed by atoms with Crippen LogP contribution in [0.4, 0.5) is 0 Å². The SMILES string of the molecule is NC(N)=NCCCC(NC(=O)C(CCC(=O)O)NC(=O)C(CCCN=C(N)N)NC(=O)C(N)Cc1ccc(O)cc1)C(=O)O.